The molecule has 1 aromatic rings. The highest BCUT2D eigenvalue weighted by molar-refractivity contribution is 5.88. The number of nitrogens with zero attached hydrogens (tertiary/aromatic N) is 1. The molecule has 1 aliphatic rings. The molecule has 1 saturated carbocycles. The smallest absolute Gasteiger partial charge is 0.305 e. The van der Waals surface area contributed by atoms with Gasteiger partial charge in [0, 0.05) is 19.0 Å². The largest absolute Gasteiger partial charge is 0.481 e. The number of aliphatic carboxylic acids is 1. The molecule has 1 aromatic carbocycles. The first kappa shape index (κ1) is 20.8. The lowest BCUT2D eigenvalue weighted by molar-refractivity contribution is -0.140. The van der Waals surface area contributed by atoms with Crippen molar-refractivity contribution in [2.45, 2.75) is 51.6 Å². The highest BCUT2D eigenvalue weighted by Crippen LogP contribution is 2.24. The van der Waals surface area contributed by atoms with Crippen LogP contribution < -0.4 is 5.32 Å². The number of amides is 2. The Morgan fingerprint density at radius 1 is 1.22 bits per heavy atom. The molecular weight excluding hydrogens is 358 g/mol. The summed E-state index contributed by atoms with van der Waals surface area (Å²) < 4.78 is 26.5. The number of hydrogen-bond acceptors (Lipinski definition) is 3. The van der Waals surface area contributed by atoms with Crippen molar-refractivity contribution >= 4 is 17.8 Å². The molecule has 8 heteroatoms. The van der Waals surface area contributed by atoms with E-state index in [1.807, 2.05) is 0 Å². The minimum atomic E-state index is -1.08. The van der Waals surface area contributed by atoms with Crippen molar-refractivity contribution < 1.29 is 28.3 Å². The number of halogens is 2. The summed E-state index contributed by atoms with van der Waals surface area (Å²) in [6, 6.07) is 2.42. The Morgan fingerprint density at radius 3 is 2.48 bits per heavy atom. The predicted octanol–water partition coefficient (Wildman–Crippen LogP) is 2.46. The van der Waals surface area contributed by atoms with Crippen LogP contribution in [0.15, 0.2) is 18.2 Å². The molecule has 0 radical (unpaired) electrons. The first-order valence-corrected chi connectivity index (χ1v) is 9.03. The summed E-state index contributed by atoms with van der Waals surface area (Å²) in [7, 11) is 0. The van der Waals surface area contributed by atoms with Crippen molar-refractivity contribution in [2.75, 3.05) is 6.54 Å². The Bertz CT molecular complexity index is 705. The van der Waals surface area contributed by atoms with Gasteiger partial charge in [-0.1, -0.05) is 18.9 Å². The number of carbonyl (C=O) groups is 3. The zero-order valence-electron chi connectivity index (χ0n) is 15.2. The van der Waals surface area contributed by atoms with Crippen LogP contribution >= 0.6 is 0 Å². The van der Waals surface area contributed by atoms with Gasteiger partial charge in [-0.15, -0.1) is 0 Å². The number of carboxylic acid groups (broad SMARTS) is 1. The highest BCUT2D eigenvalue weighted by atomic mass is 19.2. The van der Waals surface area contributed by atoms with E-state index in [2.05, 4.69) is 5.32 Å². The van der Waals surface area contributed by atoms with Gasteiger partial charge in [-0.3, -0.25) is 14.4 Å². The summed E-state index contributed by atoms with van der Waals surface area (Å²) in [4.78, 5) is 37.1. The van der Waals surface area contributed by atoms with Gasteiger partial charge >= 0.3 is 5.97 Å². The zero-order valence-corrected chi connectivity index (χ0v) is 15.2. The molecule has 1 unspecified atom stereocenters. The number of benzene rings is 1. The molecule has 0 bridgehead atoms. The minimum absolute atomic E-state index is 0.0764. The Kier molecular flexibility index (Phi) is 7.27. The molecule has 2 rings (SSSR count). The minimum Gasteiger partial charge on any atom is -0.481 e. The molecule has 1 atom stereocenters. The predicted molar refractivity (Wildman–Crippen MR) is 93.6 cm³/mol. The SMILES string of the molecule is CC(NC(=O)C1CCCC1)C(=O)N(CCC(=O)O)Cc1ccc(F)c(F)c1. The van der Waals surface area contributed by atoms with Crippen molar-refractivity contribution in [1.29, 1.82) is 0 Å². The molecule has 2 N–H and O–H groups in total. The monoisotopic (exact) mass is 382 g/mol. The molecule has 27 heavy (non-hydrogen) atoms. The second-order valence-corrected chi connectivity index (χ2v) is 6.86. The van der Waals surface area contributed by atoms with Gasteiger partial charge in [-0.2, -0.15) is 0 Å². The number of nitrogens with one attached hydrogen (secondary N) is 1. The van der Waals surface area contributed by atoms with Crippen molar-refractivity contribution in [1.82, 2.24) is 10.2 Å². The van der Waals surface area contributed by atoms with Crippen LogP contribution in [0.4, 0.5) is 8.78 Å². The van der Waals surface area contributed by atoms with Crippen LogP contribution in [-0.2, 0) is 20.9 Å². The molecule has 0 aromatic heterocycles. The van der Waals surface area contributed by atoms with E-state index in [0.29, 0.717) is 5.56 Å². The fourth-order valence-corrected chi connectivity index (χ4v) is 3.21. The average molecular weight is 382 g/mol. The molecule has 6 nitrogen and oxygen atoms in total. The Morgan fingerprint density at radius 2 is 1.89 bits per heavy atom. The van der Waals surface area contributed by atoms with E-state index in [-0.39, 0.29) is 31.3 Å². The average Bonchev–Trinajstić information content (AvgIpc) is 3.15. The van der Waals surface area contributed by atoms with Gasteiger partial charge in [0.25, 0.3) is 0 Å². The van der Waals surface area contributed by atoms with Crippen LogP contribution in [0.2, 0.25) is 0 Å². The van der Waals surface area contributed by atoms with Gasteiger partial charge in [0.15, 0.2) is 11.6 Å². The van der Waals surface area contributed by atoms with E-state index in [1.165, 1.54) is 17.9 Å². The standard InChI is InChI=1S/C19H24F2N2O4/c1-12(22-18(26)14-4-2-3-5-14)19(27)23(9-8-17(24)25)11-13-6-7-15(20)16(21)10-13/h6-7,10,12,14H,2-5,8-9,11H2,1H3,(H,22,26)(H,24,25). The van der Waals surface area contributed by atoms with E-state index in [0.717, 1.165) is 37.8 Å². The van der Waals surface area contributed by atoms with Gasteiger partial charge in [-0.05, 0) is 37.5 Å². The first-order valence-electron chi connectivity index (χ1n) is 9.03. The Balaban J connectivity index is 2.05. The lowest BCUT2D eigenvalue weighted by Gasteiger charge is -2.26. The Hall–Kier alpha value is -2.51. The van der Waals surface area contributed by atoms with Gasteiger partial charge < -0.3 is 15.3 Å². The molecule has 1 fully saturated rings. The molecule has 0 saturated heterocycles. The number of carbonyl (C=O) groups excluding carboxylic acids is 2. The summed E-state index contributed by atoms with van der Waals surface area (Å²) in [6.07, 6.45) is 3.27. The van der Waals surface area contributed by atoms with E-state index in [9.17, 15) is 23.2 Å². The number of rotatable bonds is 8. The van der Waals surface area contributed by atoms with Crippen LogP contribution in [0.5, 0.6) is 0 Å². The van der Waals surface area contributed by atoms with Crippen LogP contribution in [0.25, 0.3) is 0 Å². The quantitative estimate of drug-likeness (QED) is 0.723. The van der Waals surface area contributed by atoms with Crippen molar-refractivity contribution in [2.24, 2.45) is 5.92 Å². The van der Waals surface area contributed by atoms with Gasteiger partial charge in [0.1, 0.15) is 6.04 Å². The molecule has 0 aliphatic heterocycles. The molecule has 0 spiro atoms. The lowest BCUT2D eigenvalue weighted by atomic mass is 10.1. The third kappa shape index (κ3) is 6.01. The number of carboxylic acids is 1. The molecule has 2 amide bonds. The summed E-state index contributed by atoms with van der Waals surface area (Å²) in [5.41, 5.74) is 0.335. The van der Waals surface area contributed by atoms with Crippen molar-refractivity contribution in [3.8, 4) is 0 Å². The maximum Gasteiger partial charge on any atom is 0.305 e. The van der Waals surface area contributed by atoms with Crippen molar-refractivity contribution in [3.05, 3.63) is 35.4 Å². The van der Waals surface area contributed by atoms with Gasteiger partial charge in [-0.25, -0.2) is 8.78 Å². The molecule has 1 aliphatic carbocycles. The Labute approximate surface area is 156 Å². The molecule has 0 heterocycles. The number of hydrogen-bond donors (Lipinski definition) is 2. The summed E-state index contributed by atoms with van der Waals surface area (Å²) in [6.45, 7) is 1.36. The first-order chi connectivity index (χ1) is 12.8. The summed E-state index contributed by atoms with van der Waals surface area (Å²) in [5.74, 6) is -3.87. The normalized spacial score (nSPS) is 15.4. The second kappa shape index (κ2) is 9.43. The fourth-order valence-electron chi connectivity index (χ4n) is 3.21. The van der Waals surface area contributed by atoms with E-state index >= 15 is 0 Å². The van der Waals surface area contributed by atoms with E-state index < -0.39 is 29.6 Å². The second-order valence-electron chi connectivity index (χ2n) is 6.86. The highest BCUT2D eigenvalue weighted by Gasteiger charge is 2.28. The molecular formula is C19H24F2N2O4. The van der Waals surface area contributed by atoms with Gasteiger partial charge in [0.05, 0.1) is 6.42 Å². The van der Waals surface area contributed by atoms with Crippen LogP contribution in [0.1, 0.15) is 44.6 Å². The maximum atomic E-state index is 13.4. The van der Waals surface area contributed by atoms with E-state index in [1.54, 1.807) is 0 Å². The zero-order chi connectivity index (χ0) is 20.0. The summed E-state index contributed by atoms with van der Waals surface area (Å²) in [5, 5.41) is 11.6. The molecule has 148 valence electrons. The topological polar surface area (TPSA) is 86.7 Å². The van der Waals surface area contributed by atoms with Crippen molar-refractivity contribution in [3.63, 3.8) is 0 Å². The van der Waals surface area contributed by atoms with Gasteiger partial charge in [0.2, 0.25) is 11.8 Å². The van der Waals surface area contributed by atoms with E-state index in [4.69, 9.17) is 5.11 Å². The third-order valence-electron chi connectivity index (χ3n) is 4.72. The van der Waals surface area contributed by atoms with Crippen LogP contribution in [-0.4, -0.2) is 40.4 Å². The third-order valence-corrected chi connectivity index (χ3v) is 4.72. The van der Waals surface area contributed by atoms with Crippen LogP contribution in [0.3, 0.4) is 0 Å². The van der Waals surface area contributed by atoms with Crippen LogP contribution in [0, 0.1) is 17.6 Å². The maximum absolute atomic E-state index is 13.4. The fraction of sp³-hybridized carbons (Fsp3) is 0.526. The summed E-state index contributed by atoms with van der Waals surface area (Å²) >= 11 is 0. The lowest BCUT2D eigenvalue weighted by Crippen LogP contribution is -2.48.